The number of fused-ring (bicyclic) bond motifs is 1. The number of imidazole rings is 1. The van der Waals surface area contributed by atoms with Gasteiger partial charge in [0.25, 0.3) is 11.8 Å². The van der Waals surface area contributed by atoms with E-state index in [1.54, 1.807) is 13.2 Å². The molecule has 7 nitrogen and oxygen atoms in total. The molecule has 144 valence electrons. The zero-order chi connectivity index (χ0) is 19.2. The molecule has 1 aromatic heterocycles. The predicted octanol–water partition coefficient (Wildman–Crippen LogP) is 2.18. The Labute approximate surface area is 163 Å². The Morgan fingerprint density at radius 2 is 2.04 bits per heavy atom. The summed E-state index contributed by atoms with van der Waals surface area (Å²) in [7, 11) is 1.57. The molecule has 3 rings (SSSR count). The van der Waals surface area contributed by atoms with Crippen molar-refractivity contribution in [3.63, 3.8) is 0 Å². The van der Waals surface area contributed by atoms with Crippen LogP contribution in [0.3, 0.4) is 0 Å². The molecular weight excluding hydrogens is 368 g/mol. The van der Waals surface area contributed by atoms with E-state index in [4.69, 9.17) is 16.3 Å². The van der Waals surface area contributed by atoms with Crippen molar-refractivity contribution in [2.75, 3.05) is 20.3 Å². The molecule has 1 aliphatic heterocycles. The summed E-state index contributed by atoms with van der Waals surface area (Å²) in [5, 5.41) is 6.23. The molecule has 2 amide bonds. The van der Waals surface area contributed by atoms with Crippen molar-refractivity contribution in [1.29, 1.82) is 0 Å². The SMILES string of the molecule is COCCNC(=O)c1nc(C(=O)NCc2ccccc2Cl)c2n1CCCC2. The highest BCUT2D eigenvalue weighted by atomic mass is 35.5. The number of hydrogen-bond donors (Lipinski definition) is 2. The first kappa shape index (κ1) is 19.4. The highest BCUT2D eigenvalue weighted by Crippen LogP contribution is 2.21. The van der Waals surface area contributed by atoms with Gasteiger partial charge in [-0.1, -0.05) is 29.8 Å². The number of halogens is 1. The molecule has 2 N–H and O–H groups in total. The van der Waals surface area contributed by atoms with E-state index in [1.165, 1.54) is 0 Å². The number of nitrogens with one attached hydrogen (secondary N) is 2. The third-order valence-corrected chi connectivity index (χ3v) is 4.89. The molecule has 0 bridgehead atoms. The standard InChI is InChI=1S/C19H23ClN4O3/c1-27-11-9-21-19(26)17-23-16(15-8-4-5-10-24(15)17)18(25)22-12-13-6-2-3-7-14(13)20/h2-3,6-7H,4-5,8-12H2,1H3,(H,21,26)(H,22,25). The van der Waals surface area contributed by atoms with E-state index in [0.717, 1.165) is 30.5 Å². The quantitative estimate of drug-likeness (QED) is 0.709. The maximum absolute atomic E-state index is 12.7. The minimum Gasteiger partial charge on any atom is -0.383 e. The van der Waals surface area contributed by atoms with Gasteiger partial charge in [0.05, 0.1) is 12.3 Å². The van der Waals surface area contributed by atoms with Crippen LogP contribution in [-0.2, 0) is 24.2 Å². The van der Waals surface area contributed by atoms with Gasteiger partial charge in [0.15, 0.2) is 5.82 Å². The van der Waals surface area contributed by atoms with Crippen LogP contribution in [0.1, 0.15) is 45.2 Å². The molecular formula is C19H23ClN4O3. The van der Waals surface area contributed by atoms with Gasteiger partial charge < -0.3 is 19.9 Å². The Morgan fingerprint density at radius 1 is 1.22 bits per heavy atom. The molecule has 0 saturated carbocycles. The molecule has 1 aliphatic rings. The second-order valence-corrected chi connectivity index (χ2v) is 6.77. The van der Waals surface area contributed by atoms with Crippen molar-refractivity contribution in [2.45, 2.75) is 32.4 Å². The lowest BCUT2D eigenvalue weighted by molar-refractivity contribution is 0.0921. The van der Waals surface area contributed by atoms with Crippen molar-refractivity contribution in [3.05, 3.63) is 52.1 Å². The summed E-state index contributed by atoms with van der Waals surface area (Å²) in [4.78, 5) is 29.5. The molecule has 0 atom stereocenters. The molecule has 0 fully saturated rings. The van der Waals surface area contributed by atoms with Gasteiger partial charge in [0.1, 0.15) is 5.69 Å². The van der Waals surface area contributed by atoms with Gasteiger partial charge in [0, 0.05) is 31.8 Å². The fourth-order valence-corrected chi connectivity index (χ4v) is 3.35. The van der Waals surface area contributed by atoms with Crippen molar-refractivity contribution in [3.8, 4) is 0 Å². The van der Waals surface area contributed by atoms with E-state index in [9.17, 15) is 9.59 Å². The fraction of sp³-hybridized carbons (Fsp3) is 0.421. The third-order valence-electron chi connectivity index (χ3n) is 4.52. The average molecular weight is 391 g/mol. The van der Waals surface area contributed by atoms with E-state index in [-0.39, 0.29) is 17.6 Å². The molecule has 2 heterocycles. The molecule has 27 heavy (non-hydrogen) atoms. The minimum atomic E-state index is -0.295. The molecule has 0 aliphatic carbocycles. The maximum Gasteiger partial charge on any atom is 0.287 e. The van der Waals surface area contributed by atoms with Crippen LogP contribution in [0.5, 0.6) is 0 Å². The van der Waals surface area contributed by atoms with Crippen molar-refractivity contribution in [2.24, 2.45) is 0 Å². The molecule has 0 spiro atoms. The first-order chi connectivity index (χ1) is 13.1. The van der Waals surface area contributed by atoms with E-state index >= 15 is 0 Å². The summed E-state index contributed by atoms with van der Waals surface area (Å²) in [5.41, 5.74) is 1.96. The van der Waals surface area contributed by atoms with E-state index in [0.29, 0.717) is 37.0 Å². The van der Waals surface area contributed by atoms with Gasteiger partial charge in [-0.05, 0) is 30.9 Å². The maximum atomic E-state index is 12.7. The van der Waals surface area contributed by atoms with E-state index in [1.807, 2.05) is 22.8 Å². The zero-order valence-electron chi connectivity index (χ0n) is 15.3. The van der Waals surface area contributed by atoms with Gasteiger partial charge in [0.2, 0.25) is 0 Å². The Morgan fingerprint density at radius 3 is 2.81 bits per heavy atom. The van der Waals surface area contributed by atoms with E-state index < -0.39 is 0 Å². The van der Waals surface area contributed by atoms with Crippen molar-refractivity contribution in [1.82, 2.24) is 20.2 Å². The lowest BCUT2D eigenvalue weighted by Gasteiger charge is -2.17. The van der Waals surface area contributed by atoms with Crippen LogP contribution in [0, 0.1) is 0 Å². The van der Waals surface area contributed by atoms with Crippen molar-refractivity contribution >= 4 is 23.4 Å². The van der Waals surface area contributed by atoms with E-state index in [2.05, 4.69) is 15.6 Å². The van der Waals surface area contributed by atoms with Gasteiger partial charge in [-0.3, -0.25) is 9.59 Å². The second-order valence-electron chi connectivity index (χ2n) is 6.36. The van der Waals surface area contributed by atoms with Crippen LogP contribution in [0.4, 0.5) is 0 Å². The van der Waals surface area contributed by atoms with Crippen LogP contribution >= 0.6 is 11.6 Å². The zero-order valence-corrected chi connectivity index (χ0v) is 16.0. The number of carbonyl (C=O) groups is 2. The first-order valence-corrected chi connectivity index (χ1v) is 9.37. The molecule has 1 aromatic carbocycles. The summed E-state index contributed by atoms with van der Waals surface area (Å²) in [6.45, 7) is 1.81. The Bertz CT molecular complexity index is 834. The summed E-state index contributed by atoms with van der Waals surface area (Å²) in [6, 6.07) is 7.35. The number of carbonyl (C=O) groups excluding carboxylic acids is 2. The predicted molar refractivity (Wildman–Crippen MR) is 102 cm³/mol. The van der Waals surface area contributed by atoms with Gasteiger partial charge >= 0.3 is 0 Å². The van der Waals surface area contributed by atoms with Crippen LogP contribution < -0.4 is 10.6 Å². The van der Waals surface area contributed by atoms with Gasteiger partial charge in [-0.25, -0.2) is 4.98 Å². The number of amides is 2. The summed E-state index contributed by atoms with van der Waals surface area (Å²) >= 11 is 6.14. The monoisotopic (exact) mass is 390 g/mol. The normalized spacial score (nSPS) is 13.1. The molecule has 0 saturated heterocycles. The fourth-order valence-electron chi connectivity index (χ4n) is 3.14. The summed E-state index contributed by atoms with van der Waals surface area (Å²) < 4.78 is 6.81. The third kappa shape index (κ3) is 4.48. The largest absolute Gasteiger partial charge is 0.383 e. The lowest BCUT2D eigenvalue weighted by Crippen LogP contribution is -2.30. The van der Waals surface area contributed by atoms with Crippen LogP contribution in [0.25, 0.3) is 0 Å². The summed E-state index contributed by atoms with van der Waals surface area (Å²) in [6.07, 6.45) is 2.66. The molecule has 0 radical (unpaired) electrons. The van der Waals surface area contributed by atoms with Crippen LogP contribution in [0.2, 0.25) is 5.02 Å². The first-order valence-electron chi connectivity index (χ1n) is 9.00. The molecule has 2 aromatic rings. The molecule has 0 unspecified atom stereocenters. The number of nitrogens with zero attached hydrogens (tertiary/aromatic N) is 2. The Balaban J connectivity index is 1.77. The number of benzene rings is 1. The smallest absolute Gasteiger partial charge is 0.287 e. The number of rotatable bonds is 7. The highest BCUT2D eigenvalue weighted by Gasteiger charge is 2.27. The van der Waals surface area contributed by atoms with Gasteiger partial charge in [-0.15, -0.1) is 0 Å². The molecule has 8 heteroatoms. The Kier molecular flexibility index (Phi) is 6.47. The highest BCUT2D eigenvalue weighted by molar-refractivity contribution is 6.31. The second kappa shape index (κ2) is 9.01. The Hall–Kier alpha value is -2.38. The minimum absolute atomic E-state index is 0.281. The average Bonchev–Trinajstić information content (AvgIpc) is 3.07. The van der Waals surface area contributed by atoms with Crippen LogP contribution in [-0.4, -0.2) is 41.6 Å². The van der Waals surface area contributed by atoms with Crippen molar-refractivity contribution < 1.29 is 14.3 Å². The topological polar surface area (TPSA) is 85.2 Å². The lowest BCUT2D eigenvalue weighted by atomic mass is 10.1. The van der Waals surface area contributed by atoms with Gasteiger partial charge in [-0.2, -0.15) is 0 Å². The van der Waals surface area contributed by atoms with Crippen LogP contribution in [0.15, 0.2) is 24.3 Å². The number of ether oxygens (including phenoxy) is 1. The number of methoxy groups -OCH3 is 1. The number of hydrogen-bond acceptors (Lipinski definition) is 4. The number of aromatic nitrogens is 2. The summed E-state index contributed by atoms with van der Waals surface area (Å²) in [5.74, 6) is -0.305.